The fourth-order valence-electron chi connectivity index (χ4n) is 2.84. The number of nitrogens with one attached hydrogen (secondary N) is 1. The summed E-state index contributed by atoms with van der Waals surface area (Å²) in [4.78, 5) is 40.7. The number of anilines is 2. The van der Waals surface area contributed by atoms with Crippen molar-refractivity contribution in [3.05, 3.63) is 91.0 Å². The summed E-state index contributed by atoms with van der Waals surface area (Å²) < 4.78 is 2.15. The van der Waals surface area contributed by atoms with Crippen LogP contribution in [0.2, 0.25) is 0 Å². The minimum atomic E-state index is -0.696. The van der Waals surface area contributed by atoms with Crippen LogP contribution < -0.4 is 21.9 Å². The molecule has 0 aliphatic carbocycles. The highest BCUT2D eigenvalue weighted by atomic mass is 79.9. The van der Waals surface area contributed by atoms with E-state index < -0.39 is 11.2 Å². The fraction of sp³-hybridized carbons (Fsp3) is 0.150. The lowest BCUT2D eigenvalue weighted by Gasteiger charge is -2.20. The van der Waals surface area contributed by atoms with E-state index in [9.17, 15) is 14.4 Å². The van der Waals surface area contributed by atoms with Gasteiger partial charge in [-0.2, -0.15) is 0 Å². The van der Waals surface area contributed by atoms with Gasteiger partial charge < -0.3 is 10.6 Å². The maximum absolute atomic E-state index is 12.7. The number of nitrogen functional groups attached to an aromatic ring is 1. The van der Waals surface area contributed by atoms with Gasteiger partial charge in [-0.05, 0) is 23.3 Å². The number of likely N-dealkylation sites (N-methyl/N-ethyl adjacent to an activating group) is 1. The summed E-state index contributed by atoms with van der Waals surface area (Å²) in [6.07, 6.45) is 0.0977. The van der Waals surface area contributed by atoms with Gasteiger partial charge in [0.2, 0.25) is 5.91 Å². The Hall–Kier alpha value is -3.13. The van der Waals surface area contributed by atoms with Gasteiger partial charge in [0.15, 0.2) is 5.69 Å². The molecule has 0 unspecified atom stereocenters. The molecule has 0 fully saturated rings. The van der Waals surface area contributed by atoms with Crippen molar-refractivity contribution in [2.45, 2.75) is 13.0 Å². The Morgan fingerprint density at radius 1 is 1.07 bits per heavy atom. The summed E-state index contributed by atoms with van der Waals surface area (Å²) in [6, 6.07) is 16.6. The van der Waals surface area contributed by atoms with Crippen molar-refractivity contribution in [3.63, 3.8) is 0 Å². The van der Waals surface area contributed by atoms with Crippen LogP contribution in [0.25, 0.3) is 0 Å². The van der Waals surface area contributed by atoms with Crippen LogP contribution in [-0.4, -0.2) is 22.5 Å². The van der Waals surface area contributed by atoms with E-state index in [1.165, 1.54) is 16.5 Å². The molecule has 1 heterocycles. The van der Waals surface area contributed by atoms with Crippen LogP contribution in [-0.2, 0) is 17.8 Å². The van der Waals surface area contributed by atoms with Crippen molar-refractivity contribution in [2.24, 2.45) is 0 Å². The highest BCUT2D eigenvalue weighted by molar-refractivity contribution is 9.10. The van der Waals surface area contributed by atoms with Gasteiger partial charge in [0.1, 0.15) is 5.82 Å². The van der Waals surface area contributed by atoms with Gasteiger partial charge in [0.25, 0.3) is 5.56 Å². The van der Waals surface area contributed by atoms with E-state index in [1.54, 1.807) is 0 Å². The topological polar surface area (TPSA) is 101 Å². The summed E-state index contributed by atoms with van der Waals surface area (Å²) in [5.74, 6) is -0.367. The number of nitrogens with zero attached hydrogens (tertiary/aromatic N) is 2. The quantitative estimate of drug-likeness (QED) is 0.631. The SMILES string of the molecule is CN(C(=O)Cc1ccc(Br)cc1)c1c(N)n(Cc2ccccc2)c(=O)[nH]c1=O. The molecule has 0 saturated carbocycles. The number of hydrogen-bond acceptors (Lipinski definition) is 4. The Balaban J connectivity index is 1.93. The largest absolute Gasteiger partial charge is 0.383 e. The average molecular weight is 443 g/mol. The van der Waals surface area contributed by atoms with Crippen molar-refractivity contribution in [3.8, 4) is 0 Å². The number of benzene rings is 2. The van der Waals surface area contributed by atoms with E-state index >= 15 is 0 Å². The van der Waals surface area contributed by atoms with Gasteiger partial charge in [-0.1, -0.05) is 58.4 Å². The lowest BCUT2D eigenvalue weighted by molar-refractivity contribution is -0.117. The van der Waals surface area contributed by atoms with Crippen molar-refractivity contribution in [1.29, 1.82) is 0 Å². The molecule has 0 atom stereocenters. The molecule has 0 saturated heterocycles. The van der Waals surface area contributed by atoms with Gasteiger partial charge in [-0.15, -0.1) is 0 Å². The smallest absolute Gasteiger partial charge is 0.330 e. The van der Waals surface area contributed by atoms with Gasteiger partial charge in [0, 0.05) is 11.5 Å². The Kier molecular flexibility index (Phi) is 5.79. The van der Waals surface area contributed by atoms with E-state index in [2.05, 4.69) is 20.9 Å². The van der Waals surface area contributed by atoms with Crippen molar-refractivity contribution in [1.82, 2.24) is 9.55 Å². The highest BCUT2D eigenvalue weighted by Gasteiger charge is 2.21. The summed E-state index contributed by atoms with van der Waals surface area (Å²) in [5.41, 5.74) is 6.41. The van der Waals surface area contributed by atoms with Crippen LogP contribution in [0.4, 0.5) is 11.5 Å². The first-order valence-corrected chi connectivity index (χ1v) is 9.33. The molecule has 1 aromatic heterocycles. The van der Waals surface area contributed by atoms with Crippen LogP contribution in [0.5, 0.6) is 0 Å². The molecule has 2 aromatic carbocycles. The first kappa shape index (κ1) is 19.6. The Morgan fingerprint density at radius 3 is 2.36 bits per heavy atom. The minimum Gasteiger partial charge on any atom is -0.383 e. The van der Waals surface area contributed by atoms with Crippen molar-refractivity contribution in [2.75, 3.05) is 17.7 Å². The molecular formula is C20H19BrN4O3. The molecule has 0 radical (unpaired) electrons. The fourth-order valence-corrected chi connectivity index (χ4v) is 3.11. The Morgan fingerprint density at radius 2 is 1.71 bits per heavy atom. The molecule has 3 rings (SSSR count). The van der Waals surface area contributed by atoms with Crippen LogP contribution >= 0.6 is 15.9 Å². The van der Waals surface area contributed by atoms with E-state index in [0.717, 1.165) is 15.6 Å². The number of aromatic nitrogens is 2. The zero-order chi connectivity index (χ0) is 20.3. The third-order valence-electron chi connectivity index (χ3n) is 4.38. The number of carbonyl (C=O) groups excluding carboxylic acids is 1. The molecule has 3 N–H and O–H groups in total. The molecule has 7 nitrogen and oxygen atoms in total. The van der Waals surface area contributed by atoms with Gasteiger partial charge in [-0.25, -0.2) is 4.79 Å². The monoisotopic (exact) mass is 442 g/mol. The normalized spacial score (nSPS) is 10.6. The Bertz CT molecular complexity index is 1110. The standard InChI is InChI=1S/C20H19BrN4O3/c1-24(16(26)11-13-7-9-15(21)10-8-13)17-18(22)25(20(28)23-19(17)27)12-14-5-3-2-4-6-14/h2-10H,11-12,22H2,1H3,(H,23,27,28). The molecular weight excluding hydrogens is 424 g/mol. The predicted molar refractivity (Wildman–Crippen MR) is 113 cm³/mol. The third-order valence-corrected chi connectivity index (χ3v) is 4.90. The van der Waals surface area contributed by atoms with Crippen molar-refractivity contribution < 1.29 is 4.79 Å². The maximum Gasteiger partial charge on any atom is 0.330 e. The number of H-pyrrole nitrogens is 1. The number of hydrogen-bond donors (Lipinski definition) is 2. The molecule has 0 spiro atoms. The zero-order valence-electron chi connectivity index (χ0n) is 15.2. The summed E-state index contributed by atoms with van der Waals surface area (Å²) in [7, 11) is 1.47. The van der Waals surface area contributed by atoms with Crippen LogP contribution in [0.1, 0.15) is 11.1 Å². The number of halogens is 1. The van der Waals surface area contributed by atoms with E-state index in [-0.39, 0.29) is 30.4 Å². The number of amides is 1. The third kappa shape index (κ3) is 4.23. The first-order valence-electron chi connectivity index (χ1n) is 8.54. The van der Waals surface area contributed by atoms with Gasteiger partial charge in [-0.3, -0.25) is 19.1 Å². The predicted octanol–water partition coefficient (Wildman–Crippen LogP) is 2.14. The van der Waals surface area contributed by atoms with E-state index in [0.29, 0.717) is 0 Å². The zero-order valence-corrected chi connectivity index (χ0v) is 16.8. The lowest BCUT2D eigenvalue weighted by atomic mass is 10.1. The Labute approximate surface area is 169 Å². The average Bonchev–Trinajstić information content (AvgIpc) is 2.67. The molecule has 144 valence electrons. The van der Waals surface area contributed by atoms with Crippen LogP contribution in [0.3, 0.4) is 0 Å². The summed E-state index contributed by atoms with van der Waals surface area (Å²) >= 11 is 3.35. The van der Waals surface area contributed by atoms with Crippen LogP contribution in [0.15, 0.2) is 68.7 Å². The minimum absolute atomic E-state index is 0.0438. The second kappa shape index (κ2) is 8.26. The van der Waals surface area contributed by atoms with E-state index in [1.807, 2.05) is 54.6 Å². The first-order chi connectivity index (χ1) is 13.4. The van der Waals surface area contributed by atoms with E-state index in [4.69, 9.17) is 5.73 Å². The molecule has 1 amide bonds. The number of aromatic amines is 1. The highest BCUT2D eigenvalue weighted by Crippen LogP contribution is 2.18. The second-order valence-electron chi connectivity index (χ2n) is 6.32. The maximum atomic E-state index is 12.7. The number of nitrogens with two attached hydrogens (primary N) is 1. The van der Waals surface area contributed by atoms with Gasteiger partial charge >= 0.3 is 5.69 Å². The van der Waals surface area contributed by atoms with Crippen LogP contribution in [0, 0.1) is 0 Å². The molecule has 8 heteroatoms. The van der Waals surface area contributed by atoms with Gasteiger partial charge in [0.05, 0.1) is 13.0 Å². The summed E-state index contributed by atoms with van der Waals surface area (Å²) in [5, 5.41) is 0. The molecule has 0 aliphatic rings. The number of carbonyl (C=O) groups is 1. The molecule has 3 aromatic rings. The number of rotatable bonds is 5. The molecule has 0 bridgehead atoms. The van der Waals surface area contributed by atoms with Crippen molar-refractivity contribution >= 4 is 33.3 Å². The summed E-state index contributed by atoms with van der Waals surface area (Å²) in [6.45, 7) is 0.185. The lowest BCUT2D eigenvalue weighted by Crippen LogP contribution is -2.39. The molecule has 0 aliphatic heterocycles. The molecule has 28 heavy (non-hydrogen) atoms. The second-order valence-corrected chi connectivity index (χ2v) is 7.24.